The molecule has 92 valence electrons. The first-order valence-corrected chi connectivity index (χ1v) is 7.40. The summed E-state index contributed by atoms with van der Waals surface area (Å²) in [6.07, 6.45) is 5.03. The highest BCUT2D eigenvalue weighted by Gasteiger charge is 2.09. The predicted molar refractivity (Wildman–Crippen MR) is 74.2 cm³/mol. The number of hydrogen-bond donors (Lipinski definition) is 1. The summed E-state index contributed by atoms with van der Waals surface area (Å²) in [5, 5.41) is 5.84. The van der Waals surface area contributed by atoms with Crippen molar-refractivity contribution in [3.05, 3.63) is 22.4 Å². The van der Waals surface area contributed by atoms with Crippen molar-refractivity contribution in [1.29, 1.82) is 0 Å². The van der Waals surface area contributed by atoms with Gasteiger partial charge in [-0.2, -0.15) is 0 Å². The lowest BCUT2D eigenvalue weighted by Crippen LogP contribution is -2.31. The molecule has 0 fully saturated rings. The molecule has 0 aliphatic heterocycles. The van der Waals surface area contributed by atoms with Crippen LogP contribution in [0, 0.1) is 5.92 Å². The van der Waals surface area contributed by atoms with Crippen molar-refractivity contribution < 1.29 is 0 Å². The van der Waals surface area contributed by atoms with Gasteiger partial charge in [0, 0.05) is 17.5 Å². The Morgan fingerprint density at radius 1 is 1.31 bits per heavy atom. The number of hydrogen-bond acceptors (Lipinski definition) is 2. The van der Waals surface area contributed by atoms with E-state index in [0.717, 1.165) is 12.5 Å². The van der Waals surface area contributed by atoms with Crippen LogP contribution in [0.5, 0.6) is 0 Å². The maximum Gasteiger partial charge on any atom is 0.00671 e. The van der Waals surface area contributed by atoms with Crippen molar-refractivity contribution in [1.82, 2.24) is 5.32 Å². The molecule has 0 spiro atoms. The zero-order chi connectivity index (χ0) is 11.8. The van der Waals surface area contributed by atoms with E-state index < -0.39 is 0 Å². The summed E-state index contributed by atoms with van der Waals surface area (Å²) in [6.45, 7) is 8.04. The maximum atomic E-state index is 3.68. The third kappa shape index (κ3) is 5.13. The molecule has 0 aliphatic carbocycles. The summed E-state index contributed by atoms with van der Waals surface area (Å²) in [5.41, 5.74) is 0. The molecule has 1 heterocycles. The van der Waals surface area contributed by atoms with Gasteiger partial charge >= 0.3 is 0 Å². The van der Waals surface area contributed by atoms with Crippen LogP contribution < -0.4 is 5.32 Å². The normalized spacial score (nSPS) is 14.9. The van der Waals surface area contributed by atoms with Crippen LogP contribution in [0.2, 0.25) is 0 Å². The van der Waals surface area contributed by atoms with Crippen molar-refractivity contribution in [2.75, 3.05) is 6.54 Å². The minimum atomic E-state index is 0.704. The molecule has 0 aliphatic rings. The molecule has 0 bridgehead atoms. The smallest absolute Gasteiger partial charge is 0.00671 e. The fourth-order valence-corrected chi connectivity index (χ4v) is 2.61. The Labute approximate surface area is 104 Å². The molecular formula is C14H25NS. The molecule has 0 saturated heterocycles. The van der Waals surface area contributed by atoms with E-state index in [1.165, 1.54) is 30.6 Å². The fourth-order valence-electron chi connectivity index (χ4n) is 1.90. The SMILES string of the molecule is CCC(C)CC(CC)NCCc1cccs1. The molecule has 2 heteroatoms. The molecule has 0 radical (unpaired) electrons. The lowest BCUT2D eigenvalue weighted by Gasteiger charge is -2.20. The van der Waals surface area contributed by atoms with Gasteiger partial charge in [-0.1, -0.05) is 33.3 Å². The molecule has 2 atom stereocenters. The van der Waals surface area contributed by atoms with E-state index in [4.69, 9.17) is 0 Å². The second kappa shape index (κ2) is 7.86. The quantitative estimate of drug-likeness (QED) is 0.720. The van der Waals surface area contributed by atoms with Gasteiger partial charge in [-0.05, 0) is 36.6 Å². The minimum Gasteiger partial charge on any atom is -0.314 e. The average Bonchev–Trinajstić information content (AvgIpc) is 2.80. The summed E-state index contributed by atoms with van der Waals surface area (Å²) < 4.78 is 0. The third-order valence-corrected chi connectivity index (χ3v) is 4.20. The van der Waals surface area contributed by atoms with Gasteiger partial charge in [-0.15, -0.1) is 11.3 Å². The minimum absolute atomic E-state index is 0.704. The van der Waals surface area contributed by atoms with Gasteiger partial charge in [0.2, 0.25) is 0 Å². The van der Waals surface area contributed by atoms with Crippen molar-refractivity contribution in [3.8, 4) is 0 Å². The van der Waals surface area contributed by atoms with Gasteiger partial charge in [0.25, 0.3) is 0 Å². The largest absolute Gasteiger partial charge is 0.314 e. The average molecular weight is 239 g/mol. The predicted octanol–water partition coefficient (Wildman–Crippen LogP) is 4.10. The van der Waals surface area contributed by atoms with Crippen LogP contribution in [-0.2, 0) is 6.42 Å². The second-order valence-electron chi connectivity index (χ2n) is 4.64. The third-order valence-electron chi connectivity index (χ3n) is 3.26. The van der Waals surface area contributed by atoms with E-state index in [1.807, 2.05) is 11.3 Å². The Bertz CT molecular complexity index is 256. The van der Waals surface area contributed by atoms with E-state index in [2.05, 4.69) is 43.6 Å². The highest BCUT2D eigenvalue weighted by molar-refractivity contribution is 7.09. The lowest BCUT2D eigenvalue weighted by atomic mass is 9.98. The van der Waals surface area contributed by atoms with E-state index >= 15 is 0 Å². The fraction of sp³-hybridized carbons (Fsp3) is 0.714. The summed E-state index contributed by atoms with van der Waals surface area (Å²) >= 11 is 1.86. The summed E-state index contributed by atoms with van der Waals surface area (Å²) in [4.78, 5) is 1.49. The Kier molecular flexibility index (Phi) is 6.74. The first-order valence-electron chi connectivity index (χ1n) is 6.52. The maximum absolute atomic E-state index is 3.68. The van der Waals surface area contributed by atoms with Crippen LogP contribution in [-0.4, -0.2) is 12.6 Å². The molecule has 16 heavy (non-hydrogen) atoms. The van der Waals surface area contributed by atoms with Crippen LogP contribution in [0.4, 0.5) is 0 Å². The first kappa shape index (κ1) is 13.7. The Morgan fingerprint density at radius 2 is 2.12 bits per heavy atom. The zero-order valence-corrected chi connectivity index (χ0v) is 11.6. The van der Waals surface area contributed by atoms with Gasteiger partial charge in [0.15, 0.2) is 0 Å². The highest BCUT2D eigenvalue weighted by atomic mass is 32.1. The van der Waals surface area contributed by atoms with Gasteiger partial charge in [-0.25, -0.2) is 0 Å². The van der Waals surface area contributed by atoms with E-state index in [0.29, 0.717) is 6.04 Å². The van der Waals surface area contributed by atoms with E-state index in [9.17, 15) is 0 Å². The van der Waals surface area contributed by atoms with Crippen LogP contribution in [0.15, 0.2) is 17.5 Å². The van der Waals surface area contributed by atoms with Crippen molar-refractivity contribution in [2.45, 2.75) is 52.5 Å². The van der Waals surface area contributed by atoms with Gasteiger partial charge < -0.3 is 5.32 Å². The molecule has 0 aromatic carbocycles. The first-order chi connectivity index (χ1) is 7.76. The van der Waals surface area contributed by atoms with Crippen molar-refractivity contribution >= 4 is 11.3 Å². The summed E-state index contributed by atoms with van der Waals surface area (Å²) in [7, 11) is 0. The molecule has 1 aromatic rings. The molecule has 0 saturated carbocycles. The van der Waals surface area contributed by atoms with E-state index in [1.54, 1.807) is 0 Å². The van der Waals surface area contributed by atoms with Crippen LogP contribution in [0.3, 0.4) is 0 Å². The monoisotopic (exact) mass is 239 g/mol. The summed E-state index contributed by atoms with van der Waals surface area (Å²) in [5.74, 6) is 0.846. The number of thiophene rings is 1. The van der Waals surface area contributed by atoms with Gasteiger partial charge in [0.1, 0.15) is 0 Å². The van der Waals surface area contributed by atoms with Crippen LogP contribution in [0.1, 0.15) is 44.9 Å². The summed E-state index contributed by atoms with van der Waals surface area (Å²) in [6, 6.07) is 5.06. The lowest BCUT2D eigenvalue weighted by molar-refractivity contribution is 0.387. The molecule has 1 aromatic heterocycles. The standard InChI is InChI=1S/C14H25NS/c1-4-12(3)11-13(5-2)15-9-8-14-7-6-10-16-14/h6-7,10,12-13,15H,4-5,8-9,11H2,1-3H3. The molecule has 2 unspecified atom stereocenters. The molecule has 1 N–H and O–H groups in total. The Hall–Kier alpha value is -0.340. The molecule has 1 nitrogen and oxygen atoms in total. The topological polar surface area (TPSA) is 12.0 Å². The Morgan fingerprint density at radius 3 is 2.69 bits per heavy atom. The molecular weight excluding hydrogens is 214 g/mol. The zero-order valence-electron chi connectivity index (χ0n) is 10.8. The molecule has 1 rings (SSSR count). The second-order valence-corrected chi connectivity index (χ2v) is 5.67. The Balaban J connectivity index is 2.18. The number of nitrogens with one attached hydrogen (secondary N) is 1. The van der Waals surface area contributed by atoms with Crippen molar-refractivity contribution in [2.24, 2.45) is 5.92 Å². The highest BCUT2D eigenvalue weighted by Crippen LogP contribution is 2.13. The van der Waals surface area contributed by atoms with Gasteiger partial charge in [0.05, 0.1) is 0 Å². The van der Waals surface area contributed by atoms with Gasteiger partial charge in [-0.3, -0.25) is 0 Å². The number of rotatable bonds is 8. The van der Waals surface area contributed by atoms with Crippen LogP contribution in [0.25, 0.3) is 0 Å². The van der Waals surface area contributed by atoms with Crippen molar-refractivity contribution in [3.63, 3.8) is 0 Å². The van der Waals surface area contributed by atoms with Crippen LogP contribution >= 0.6 is 11.3 Å². The molecule has 0 amide bonds. The van der Waals surface area contributed by atoms with E-state index in [-0.39, 0.29) is 0 Å².